The number of nitrogens with one attached hydrogen (secondary N) is 1. The van der Waals surface area contributed by atoms with Crippen molar-refractivity contribution >= 4 is 27.3 Å². The molecular formula is C20H25N3O6S. The van der Waals surface area contributed by atoms with E-state index < -0.39 is 27.4 Å². The van der Waals surface area contributed by atoms with Crippen molar-refractivity contribution in [2.24, 2.45) is 0 Å². The number of amides is 1. The average molecular weight is 436 g/mol. The van der Waals surface area contributed by atoms with Gasteiger partial charge in [-0.05, 0) is 44.0 Å². The van der Waals surface area contributed by atoms with Gasteiger partial charge in [-0.2, -0.15) is 0 Å². The van der Waals surface area contributed by atoms with E-state index in [0.29, 0.717) is 5.75 Å². The molecule has 1 N–H and O–H groups in total. The molecule has 162 valence electrons. The fourth-order valence-corrected chi connectivity index (χ4v) is 3.79. The number of nitro groups is 1. The quantitative estimate of drug-likeness (QED) is 0.367. The first kappa shape index (κ1) is 23.1. The molecular weight excluding hydrogens is 410 g/mol. The number of carbonyl (C=O) groups is 1. The van der Waals surface area contributed by atoms with Crippen molar-refractivity contribution in [2.45, 2.75) is 20.8 Å². The zero-order valence-corrected chi connectivity index (χ0v) is 18.2. The zero-order valence-electron chi connectivity index (χ0n) is 17.3. The Morgan fingerprint density at radius 3 is 2.43 bits per heavy atom. The lowest BCUT2D eigenvalue weighted by molar-refractivity contribution is -0.385. The molecule has 30 heavy (non-hydrogen) atoms. The number of benzene rings is 2. The molecule has 0 atom stereocenters. The minimum atomic E-state index is -3.84. The highest BCUT2D eigenvalue weighted by Crippen LogP contribution is 2.29. The van der Waals surface area contributed by atoms with Crippen LogP contribution in [0.15, 0.2) is 36.4 Å². The van der Waals surface area contributed by atoms with Crippen molar-refractivity contribution in [3.8, 4) is 5.75 Å². The van der Waals surface area contributed by atoms with Gasteiger partial charge in [-0.3, -0.25) is 19.2 Å². The summed E-state index contributed by atoms with van der Waals surface area (Å²) in [6.45, 7) is 5.25. The first-order chi connectivity index (χ1) is 14.0. The molecule has 0 heterocycles. The Hall–Kier alpha value is -3.14. The Morgan fingerprint density at radius 2 is 1.80 bits per heavy atom. The number of sulfonamides is 1. The standard InChI is InChI=1S/C20H25N3O6S/c1-14-7-5-10-19(15(14)2)29-12-11-21-20(24)13-22(30(4,27)28)17-8-6-9-18(16(17)3)23(25)26/h5-10H,11-13H2,1-4H3,(H,21,24). The molecule has 0 aliphatic carbocycles. The molecule has 1 amide bonds. The zero-order chi connectivity index (χ0) is 22.5. The van der Waals surface area contributed by atoms with Gasteiger partial charge in [0.1, 0.15) is 18.9 Å². The van der Waals surface area contributed by atoms with Crippen LogP contribution in [-0.2, 0) is 14.8 Å². The number of carbonyl (C=O) groups excluding carboxylic acids is 1. The summed E-state index contributed by atoms with van der Waals surface area (Å²) in [6.07, 6.45) is 0.947. The number of nitrogens with zero attached hydrogens (tertiary/aromatic N) is 2. The van der Waals surface area contributed by atoms with Crippen molar-refractivity contribution in [3.63, 3.8) is 0 Å². The molecule has 0 bridgehead atoms. The van der Waals surface area contributed by atoms with Gasteiger partial charge in [-0.1, -0.05) is 18.2 Å². The highest BCUT2D eigenvalue weighted by molar-refractivity contribution is 7.92. The van der Waals surface area contributed by atoms with Crippen molar-refractivity contribution in [1.29, 1.82) is 0 Å². The molecule has 2 rings (SSSR count). The third-order valence-corrected chi connectivity index (χ3v) is 5.79. The molecule has 9 nitrogen and oxygen atoms in total. The second-order valence-corrected chi connectivity index (χ2v) is 8.75. The van der Waals surface area contributed by atoms with Crippen LogP contribution in [0.5, 0.6) is 5.75 Å². The van der Waals surface area contributed by atoms with Crippen molar-refractivity contribution in [2.75, 3.05) is 30.3 Å². The smallest absolute Gasteiger partial charge is 0.274 e. The van der Waals surface area contributed by atoms with Crippen LogP contribution in [0.2, 0.25) is 0 Å². The van der Waals surface area contributed by atoms with Gasteiger partial charge in [0.05, 0.1) is 29.0 Å². The molecule has 0 saturated carbocycles. The molecule has 2 aromatic rings. The van der Waals surface area contributed by atoms with E-state index in [4.69, 9.17) is 4.74 Å². The van der Waals surface area contributed by atoms with Gasteiger partial charge in [0.25, 0.3) is 5.69 Å². The minimum absolute atomic E-state index is 0.0912. The van der Waals surface area contributed by atoms with E-state index in [0.717, 1.165) is 21.7 Å². The molecule has 0 unspecified atom stereocenters. The van der Waals surface area contributed by atoms with Crippen LogP contribution < -0.4 is 14.4 Å². The molecule has 10 heteroatoms. The van der Waals surface area contributed by atoms with Crippen LogP contribution in [0, 0.1) is 30.9 Å². The predicted molar refractivity (Wildman–Crippen MR) is 114 cm³/mol. The first-order valence-corrected chi connectivity index (χ1v) is 11.0. The van der Waals surface area contributed by atoms with E-state index in [1.165, 1.54) is 25.1 Å². The Morgan fingerprint density at radius 1 is 1.13 bits per heavy atom. The average Bonchev–Trinajstić information content (AvgIpc) is 2.66. The lowest BCUT2D eigenvalue weighted by atomic mass is 10.1. The number of nitro benzene ring substituents is 1. The Labute approximate surface area is 175 Å². The highest BCUT2D eigenvalue weighted by atomic mass is 32.2. The fourth-order valence-electron chi connectivity index (χ4n) is 2.88. The van der Waals surface area contributed by atoms with Crippen LogP contribution in [0.1, 0.15) is 16.7 Å². The van der Waals surface area contributed by atoms with Crippen LogP contribution >= 0.6 is 0 Å². The number of rotatable bonds is 9. The van der Waals surface area contributed by atoms with Gasteiger partial charge in [0, 0.05) is 6.07 Å². The summed E-state index contributed by atoms with van der Waals surface area (Å²) in [6, 6.07) is 9.78. The van der Waals surface area contributed by atoms with Gasteiger partial charge < -0.3 is 10.1 Å². The SMILES string of the molecule is Cc1cccc(OCCNC(=O)CN(c2cccc([N+](=O)[O-])c2C)S(C)(=O)=O)c1C. The summed E-state index contributed by atoms with van der Waals surface area (Å²) in [5.41, 5.74) is 2.14. The number of anilines is 1. The number of hydrogen-bond acceptors (Lipinski definition) is 6. The Balaban J connectivity index is 2.04. The molecule has 0 aromatic heterocycles. The van der Waals surface area contributed by atoms with Gasteiger partial charge in [0.2, 0.25) is 15.9 Å². The van der Waals surface area contributed by atoms with Crippen molar-refractivity contribution in [1.82, 2.24) is 5.32 Å². The number of ether oxygens (including phenoxy) is 1. The number of hydrogen-bond donors (Lipinski definition) is 1. The summed E-state index contributed by atoms with van der Waals surface area (Å²) in [7, 11) is -3.84. The monoisotopic (exact) mass is 435 g/mol. The van der Waals surface area contributed by atoms with Gasteiger partial charge >= 0.3 is 0 Å². The topological polar surface area (TPSA) is 119 Å². The largest absolute Gasteiger partial charge is 0.491 e. The Bertz CT molecular complexity index is 1050. The van der Waals surface area contributed by atoms with Gasteiger partial charge in [-0.15, -0.1) is 0 Å². The second-order valence-electron chi connectivity index (χ2n) is 6.84. The maximum Gasteiger partial charge on any atom is 0.274 e. The summed E-state index contributed by atoms with van der Waals surface area (Å²) in [4.78, 5) is 22.9. The summed E-state index contributed by atoms with van der Waals surface area (Å²) in [5.74, 6) is 0.171. The molecule has 0 aliphatic rings. The van der Waals surface area contributed by atoms with Gasteiger partial charge in [0.15, 0.2) is 0 Å². The lowest BCUT2D eigenvalue weighted by Gasteiger charge is -2.23. The Kier molecular flexibility index (Phi) is 7.38. The van der Waals surface area contributed by atoms with E-state index in [2.05, 4.69) is 5.32 Å². The summed E-state index contributed by atoms with van der Waals surface area (Å²) in [5, 5.41) is 13.8. The molecule has 0 saturated heterocycles. The highest BCUT2D eigenvalue weighted by Gasteiger charge is 2.25. The van der Waals surface area contributed by atoms with E-state index in [9.17, 15) is 23.3 Å². The normalized spacial score (nSPS) is 11.1. The van der Waals surface area contributed by atoms with Crippen molar-refractivity contribution < 1.29 is 22.9 Å². The van der Waals surface area contributed by atoms with E-state index in [1.54, 1.807) is 0 Å². The molecule has 0 spiro atoms. The third-order valence-electron chi connectivity index (χ3n) is 4.67. The van der Waals surface area contributed by atoms with E-state index in [-0.39, 0.29) is 30.1 Å². The van der Waals surface area contributed by atoms with Crippen LogP contribution in [0.25, 0.3) is 0 Å². The van der Waals surface area contributed by atoms with Crippen molar-refractivity contribution in [3.05, 3.63) is 63.2 Å². The van der Waals surface area contributed by atoms with Gasteiger partial charge in [-0.25, -0.2) is 8.42 Å². The van der Waals surface area contributed by atoms with E-state index in [1.807, 2.05) is 32.0 Å². The maximum absolute atomic E-state index is 12.3. The lowest BCUT2D eigenvalue weighted by Crippen LogP contribution is -2.41. The third kappa shape index (κ3) is 5.69. The molecule has 0 radical (unpaired) electrons. The summed E-state index contributed by atoms with van der Waals surface area (Å²) >= 11 is 0. The van der Waals surface area contributed by atoms with Crippen LogP contribution in [0.4, 0.5) is 11.4 Å². The molecule has 0 aliphatic heterocycles. The second kappa shape index (κ2) is 9.57. The predicted octanol–water partition coefficient (Wildman–Crippen LogP) is 2.48. The van der Waals surface area contributed by atoms with E-state index >= 15 is 0 Å². The van der Waals surface area contributed by atoms with Crippen LogP contribution in [-0.4, -0.2) is 45.2 Å². The summed E-state index contributed by atoms with van der Waals surface area (Å²) < 4.78 is 31.0. The first-order valence-electron chi connectivity index (χ1n) is 9.19. The van der Waals surface area contributed by atoms with Crippen LogP contribution in [0.3, 0.4) is 0 Å². The molecule has 2 aromatic carbocycles. The minimum Gasteiger partial charge on any atom is -0.491 e. The number of aryl methyl sites for hydroxylation is 1. The molecule has 0 fully saturated rings. The maximum atomic E-state index is 12.3. The fraction of sp³-hybridized carbons (Fsp3) is 0.350.